The van der Waals surface area contributed by atoms with E-state index in [9.17, 15) is 14.0 Å². The third kappa shape index (κ3) is 6.66. The van der Waals surface area contributed by atoms with E-state index in [0.717, 1.165) is 11.3 Å². The fraction of sp³-hybridized carbons (Fsp3) is 0.242. The second-order valence-electron chi connectivity index (χ2n) is 9.65. The molecule has 0 saturated heterocycles. The lowest BCUT2D eigenvalue weighted by molar-refractivity contribution is -0.136. The van der Waals surface area contributed by atoms with Gasteiger partial charge in [0.15, 0.2) is 27.8 Å². The molecule has 0 saturated carbocycles. The van der Waals surface area contributed by atoms with Crippen LogP contribution in [0.1, 0.15) is 36.6 Å². The molecular formula is C33H30BrFN2O7S. The number of ether oxygens (including phenoxy) is 5. The van der Waals surface area contributed by atoms with Crippen LogP contribution < -0.4 is 33.8 Å². The molecule has 12 heteroatoms. The number of hydrogen-bond acceptors (Lipinski definition) is 9. The van der Waals surface area contributed by atoms with Gasteiger partial charge in [-0.05, 0) is 55.8 Å². The van der Waals surface area contributed by atoms with E-state index in [1.165, 1.54) is 31.1 Å². The van der Waals surface area contributed by atoms with Crippen LogP contribution in [0.25, 0.3) is 6.08 Å². The number of rotatable bonds is 11. The smallest absolute Gasteiger partial charge is 0.337 e. The van der Waals surface area contributed by atoms with Crippen molar-refractivity contribution in [1.29, 1.82) is 0 Å². The van der Waals surface area contributed by atoms with Gasteiger partial charge < -0.3 is 23.7 Å². The second-order valence-corrected chi connectivity index (χ2v) is 11.6. The SMILES string of the molecule is CCOc1ccc([C@@H]2C(C(=O)OC)=CN=c3s/c(=C/c4cc(Br)cc(OC)c4OCc4ccccc4F)c(=O)n32)cc1OCC. The minimum absolute atomic E-state index is 0.0604. The number of carbonyl (C=O) groups is 1. The number of nitrogens with zero attached hydrogens (tertiary/aromatic N) is 2. The number of carbonyl (C=O) groups excluding carboxylic acids is 1. The predicted octanol–water partition coefficient (Wildman–Crippen LogP) is 5.30. The summed E-state index contributed by atoms with van der Waals surface area (Å²) < 4.78 is 45.1. The Hall–Kier alpha value is -4.42. The van der Waals surface area contributed by atoms with E-state index in [2.05, 4.69) is 20.9 Å². The Labute approximate surface area is 270 Å². The molecule has 5 rings (SSSR count). The van der Waals surface area contributed by atoms with E-state index >= 15 is 0 Å². The molecule has 1 atom stereocenters. The Morgan fingerprint density at radius 1 is 1.02 bits per heavy atom. The average Bonchev–Trinajstić information content (AvgIpc) is 3.35. The third-order valence-electron chi connectivity index (χ3n) is 6.89. The first-order chi connectivity index (χ1) is 21.8. The van der Waals surface area contributed by atoms with Gasteiger partial charge in [-0.15, -0.1) is 0 Å². The van der Waals surface area contributed by atoms with Crippen LogP contribution in [0.5, 0.6) is 23.0 Å². The van der Waals surface area contributed by atoms with Crippen LogP contribution in [-0.2, 0) is 16.1 Å². The Balaban J connectivity index is 1.65. The summed E-state index contributed by atoms with van der Waals surface area (Å²) in [7, 11) is 2.77. The van der Waals surface area contributed by atoms with Crippen molar-refractivity contribution < 1.29 is 32.9 Å². The molecule has 0 N–H and O–H groups in total. The lowest BCUT2D eigenvalue weighted by atomic mass is 9.97. The van der Waals surface area contributed by atoms with Gasteiger partial charge in [-0.25, -0.2) is 14.2 Å². The number of thiazole rings is 1. The quantitative estimate of drug-likeness (QED) is 0.196. The first kappa shape index (κ1) is 32.0. The molecule has 9 nitrogen and oxygen atoms in total. The molecule has 3 aromatic carbocycles. The number of aromatic nitrogens is 1. The first-order valence-electron chi connectivity index (χ1n) is 14.0. The van der Waals surface area contributed by atoms with Gasteiger partial charge >= 0.3 is 5.97 Å². The van der Waals surface area contributed by atoms with Gasteiger partial charge in [-0.2, -0.15) is 0 Å². The number of esters is 1. The highest BCUT2D eigenvalue weighted by Crippen LogP contribution is 2.37. The average molecular weight is 698 g/mol. The topological polar surface area (TPSA) is 97.6 Å². The standard InChI is InChI=1S/C33H30BrFN2O7S/c1-5-42-25-12-11-19(14-26(25)43-6-2)29-23(32(39)41-4)17-36-33-37(29)31(38)28(45-33)15-21-13-22(34)16-27(40-3)30(21)44-18-20-9-7-8-10-24(20)35/h7-17,29H,5-6,18H2,1-4H3/b28-15+/t29-/m1/s1. The lowest BCUT2D eigenvalue weighted by Crippen LogP contribution is -2.39. The highest BCUT2D eigenvalue weighted by atomic mass is 79.9. The minimum Gasteiger partial charge on any atom is -0.493 e. The molecule has 0 unspecified atom stereocenters. The molecule has 234 valence electrons. The summed E-state index contributed by atoms with van der Waals surface area (Å²) in [5, 5.41) is 0. The molecule has 4 aromatic rings. The molecule has 1 aliphatic heterocycles. The predicted molar refractivity (Wildman–Crippen MR) is 171 cm³/mol. The summed E-state index contributed by atoms with van der Waals surface area (Å²) in [5.74, 6) is 0.735. The van der Waals surface area contributed by atoms with Crippen LogP contribution in [-0.4, -0.2) is 38.0 Å². The highest BCUT2D eigenvalue weighted by Gasteiger charge is 2.31. The van der Waals surface area contributed by atoms with E-state index in [4.69, 9.17) is 23.7 Å². The van der Waals surface area contributed by atoms with Crippen molar-refractivity contribution in [2.75, 3.05) is 27.4 Å². The van der Waals surface area contributed by atoms with Crippen LogP contribution >= 0.6 is 27.3 Å². The Bertz CT molecular complexity index is 1950. The third-order valence-corrected chi connectivity index (χ3v) is 8.35. The van der Waals surface area contributed by atoms with Crippen LogP contribution in [0.15, 0.2) is 80.6 Å². The molecular weight excluding hydrogens is 667 g/mol. The van der Waals surface area contributed by atoms with Crippen molar-refractivity contribution in [3.63, 3.8) is 0 Å². The van der Waals surface area contributed by atoms with E-state index in [1.54, 1.807) is 54.6 Å². The molecule has 0 amide bonds. The van der Waals surface area contributed by atoms with Gasteiger partial charge in [0.1, 0.15) is 12.4 Å². The Morgan fingerprint density at radius 3 is 2.49 bits per heavy atom. The van der Waals surface area contributed by atoms with Crippen molar-refractivity contribution in [1.82, 2.24) is 4.57 Å². The normalized spacial score (nSPS) is 14.2. The molecule has 0 bridgehead atoms. The summed E-state index contributed by atoms with van der Waals surface area (Å²) in [6.45, 7) is 4.50. The van der Waals surface area contributed by atoms with Gasteiger partial charge in [0.25, 0.3) is 5.56 Å². The summed E-state index contributed by atoms with van der Waals surface area (Å²) in [5.41, 5.74) is 1.29. The maximum absolute atomic E-state index is 14.4. The van der Waals surface area contributed by atoms with Gasteiger partial charge in [-0.1, -0.05) is 51.5 Å². The van der Waals surface area contributed by atoms with Gasteiger partial charge in [0.05, 0.1) is 43.6 Å². The summed E-state index contributed by atoms with van der Waals surface area (Å²) in [4.78, 5) is 31.9. The molecule has 2 heterocycles. The summed E-state index contributed by atoms with van der Waals surface area (Å²) >= 11 is 4.65. The van der Waals surface area contributed by atoms with Gasteiger partial charge in [-0.3, -0.25) is 9.36 Å². The van der Waals surface area contributed by atoms with Crippen LogP contribution in [0.3, 0.4) is 0 Å². The molecule has 0 aliphatic carbocycles. The zero-order valence-electron chi connectivity index (χ0n) is 25.0. The van der Waals surface area contributed by atoms with Crippen molar-refractivity contribution in [2.45, 2.75) is 26.5 Å². The zero-order valence-corrected chi connectivity index (χ0v) is 27.4. The van der Waals surface area contributed by atoms with Crippen molar-refractivity contribution in [3.8, 4) is 23.0 Å². The van der Waals surface area contributed by atoms with E-state index in [1.807, 2.05) is 13.8 Å². The molecule has 45 heavy (non-hydrogen) atoms. The Kier molecular flexibility index (Phi) is 10.0. The highest BCUT2D eigenvalue weighted by molar-refractivity contribution is 9.10. The molecule has 0 fully saturated rings. The van der Waals surface area contributed by atoms with E-state index < -0.39 is 17.8 Å². The zero-order chi connectivity index (χ0) is 32.1. The molecule has 0 spiro atoms. The van der Waals surface area contributed by atoms with Crippen molar-refractivity contribution in [3.05, 3.63) is 113 Å². The van der Waals surface area contributed by atoms with Crippen molar-refractivity contribution >= 4 is 39.3 Å². The molecule has 1 aliphatic rings. The summed E-state index contributed by atoms with van der Waals surface area (Å²) in [6.07, 6.45) is 3.09. The molecule has 1 aromatic heterocycles. The second kappa shape index (κ2) is 14.1. The fourth-order valence-corrected chi connectivity index (χ4v) is 6.31. The minimum atomic E-state index is -0.848. The number of benzene rings is 3. The van der Waals surface area contributed by atoms with Gasteiger partial charge in [0, 0.05) is 21.8 Å². The Morgan fingerprint density at radius 2 is 1.78 bits per heavy atom. The maximum atomic E-state index is 14.4. The number of hydrogen-bond donors (Lipinski definition) is 0. The molecule has 0 radical (unpaired) electrons. The van der Waals surface area contributed by atoms with Gasteiger partial charge in [0.2, 0.25) is 0 Å². The maximum Gasteiger partial charge on any atom is 0.337 e. The van der Waals surface area contributed by atoms with Crippen LogP contribution in [0.2, 0.25) is 0 Å². The van der Waals surface area contributed by atoms with Crippen LogP contribution in [0.4, 0.5) is 4.39 Å². The largest absolute Gasteiger partial charge is 0.493 e. The number of halogens is 2. The number of methoxy groups -OCH3 is 2. The lowest BCUT2D eigenvalue weighted by Gasteiger charge is -2.23. The number of fused-ring (bicyclic) bond motifs is 1. The summed E-state index contributed by atoms with van der Waals surface area (Å²) in [6, 6.07) is 14.3. The van der Waals surface area contributed by atoms with E-state index in [-0.39, 0.29) is 17.7 Å². The van der Waals surface area contributed by atoms with Crippen molar-refractivity contribution in [2.24, 2.45) is 4.99 Å². The monoisotopic (exact) mass is 696 g/mol. The van der Waals surface area contributed by atoms with E-state index in [0.29, 0.717) is 66.7 Å². The first-order valence-corrected chi connectivity index (χ1v) is 15.6. The fourth-order valence-electron chi connectivity index (χ4n) is 4.90. The van der Waals surface area contributed by atoms with Crippen LogP contribution in [0, 0.1) is 5.82 Å².